The highest BCUT2D eigenvalue weighted by atomic mass is 16.5. The number of amides is 1. The molecule has 1 saturated heterocycles. The Bertz CT molecular complexity index is 689. The Kier molecular flexibility index (Phi) is 4.19. The van der Waals surface area contributed by atoms with E-state index >= 15 is 0 Å². The summed E-state index contributed by atoms with van der Waals surface area (Å²) in [6.07, 6.45) is 9.38. The zero-order chi connectivity index (χ0) is 17.6. The largest absolute Gasteiger partial charge is 0.493 e. The van der Waals surface area contributed by atoms with E-state index in [9.17, 15) is 4.79 Å². The minimum Gasteiger partial charge on any atom is -0.493 e. The number of ether oxygens (including phenoxy) is 1. The Balaban J connectivity index is 1.35. The average Bonchev–Trinajstić information content (AvgIpc) is 3.08. The van der Waals surface area contributed by atoms with Crippen LogP contribution in [0.2, 0.25) is 0 Å². The molecule has 26 heavy (non-hydrogen) atoms. The fourth-order valence-electron chi connectivity index (χ4n) is 5.51. The zero-order valence-electron chi connectivity index (χ0n) is 15.6. The van der Waals surface area contributed by atoms with Gasteiger partial charge in [0.1, 0.15) is 5.75 Å². The highest BCUT2D eigenvalue weighted by Crippen LogP contribution is 2.59. The Morgan fingerprint density at radius 1 is 1.23 bits per heavy atom. The van der Waals surface area contributed by atoms with Gasteiger partial charge in [-0.05, 0) is 67.8 Å². The van der Waals surface area contributed by atoms with Crippen molar-refractivity contribution < 1.29 is 9.53 Å². The van der Waals surface area contributed by atoms with Gasteiger partial charge in [0, 0.05) is 24.9 Å². The minimum absolute atomic E-state index is 0.281. The van der Waals surface area contributed by atoms with Gasteiger partial charge in [0.05, 0.1) is 6.61 Å². The van der Waals surface area contributed by atoms with Gasteiger partial charge in [-0.1, -0.05) is 25.0 Å². The van der Waals surface area contributed by atoms with E-state index in [0.29, 0.717) is 17.4 Å². The molecule has 1 spiro atoms. The predicted molar refractivity (Wildman–Crippen MR) is 101 cm³/mol. The molecule has 2 aliphatic carbocycles. The number of hydrogen-bond donors (Lipinski definition) is 1. The molecule has 2 saturated carbocycles. The summed E-state index contributed by atoms with van der Waals surface area (Å²) in [5.74, 6) is 1.75. The van der Waals surface area contributed by atoms with Crippen molar-refractivity contribution in [3.8, 4) is 5.75 Å². The molecule has 3 fully saturated rings. The molecule has 5 rings (SSSR count). The van der Waals surface area contributed by atoms with Gasteiger partial charge in [0.2, 0.25) is 5.91 Å². The number of nitrogens with zero attached hydrogens (tertiary/aromatic N) is 1. The lowest BCUT2D eigenvalue weighted by molar-refractivity contribution is -0.136. The van der Waals surface area contributed by atoms with Crippen LogP contribution >= 0.6 is 0 Å². The van der Waals surface area contributed by atoms with Crippen molar-refractivity contribution >= 4 is 5.91 Å². The smallest absolute Gasteiger partial charge is 0.226 e. The molecule has 4 aliphatic rings. The molecule has 0 bridgehead atoms. The Hall–Kier alpha value is -1.55. The molecule has 1 amide bonds. The normalized spacial score (nSPS) is 26.5. The second-order valence-electron chi connectivity index (χ2n) is 8.81. The molecule has 2 heterocycles. The van der Waals surface area contributed by atoms with Crippen LogP contribution in [0.1, 0.15) is 56.1 Å². The molecule has 140 valence electrons. The quantitative estimate of drug-likeness (QED) is 0.902. The molecule has 1 atom stereocenters. The number of benzene rings is 1. The second-order valence-corrected chi connectivity index (χ2v) is 8.81. The van der Waals surface area contributed by atoms with Crippen LogP contribution in [-0.4, -0.2) is 36.5 Å². The molecule has 4 nitrogen and oxygen atoms in total. The van der Waals surface area contributed by atoms with Gasteiger partial charge in [-0.15, -0.1) is 0 Å². The van der Waals surface area contributed by atoms with Crippen LogP contribution in [0, 0.1) is 11.3 Å². The van der Waals surface area contributed by atoms with Crippen molar-refractivity contribution in [3.63, 3.8) is 0 Å². The maximum atomic E-state index is 13.5. The third-order valence-corrected chi connectivity index (χ3v) is 7.24. The number of carbonyl (C=O) groups excluding carboxylic acids is 1. The first-order valence-corrected chi connectivity index (χ1v) is 10.5. The van der Waals surface area contributed by atoms with Gasteiger partial charge in [-0.25, -0.2) is 0 Å². The van der Waals surface area contributed by atoms with E-state index in [2.05, 4.69) is 28.4 Å². The topological polar surface area (TPSA) is 41.6 Å². The van der Waals surface area contributed by atoms with Crippen LogP contribution in [0.4, 0.5) is 0 Å². The molecule has 1 aromatic carbocycles. The van der Waals surface area contributed by atoms with Gasteiger partial charge in [0.25, 0.3) is 0 Å². The Labute approximate surface area is 156 Å². The number of fused-ring (bicyclic) bond motifs is 1. The molecular weight excluding hydrogens is 324 g/mol. The first-order chi connectivity index (χ1) is 12.8. The molecule has 2 aliphatic heterocycles. The van der Waals surface area contributed by atoms with Crippen molar-refractivity contribution in [2.75, 3.05) is 19.7 Å². The monoisotopic (exact) mass is 354 g/mol. The van der Waals surface area contributed by atoms with Crippen molar-refractivity contribution in [2.45, 2.75) is 64.0 Å². The molecular formula is C22H30N2O2. The molecule has 0 aromatic heterocycles. The molecule has 0 radical (unpaired) electrons. The van der Waals surface area contributed by atoms with Gasteiger partial charge in [-0.3, -0.25) is 4.79 Å². The van der Waals surface area contributed by atoms with Crippen LogP contribution in [0.5, 0.6) is 5.75 Å². The van der Waals surface area contributed by atoms with Crippen molar-refractivity contribution in [3.05, 3.63) is 29.3 Å². The van der Waals surface area contributed by atoms with Gasteiger partial charge in [-0.2, -0.15) is 0 Å². The summed E-state index contributed by atoms with van der Waals surface area (Å²) in [5.41, 5.74) is 2.90. The van der Waals surface area contributed by atoms with Crippen LogP contribution in [0.3, 0.4) is 0 Å². The highest BCUT2D eigenvalue weighted by Gasteiger charge is 2.59. The fraction of sp³-hybridized carbons (Fsp3) is 0.682. The lowest BCUT2D eigenvalue weighted by Gasteiger charge is -2.31. The van der Waals surface area contributed by atoms with Crippen LogP contribution in [0.25, 0.3) is 0 Å². The van der Waals surface area contributed by atoms with Gasteiger partial charge < -0.3 is 15.0 Å². The molecule has 1 N–H and O–H groups in total. The maximum absolute atomic E-state index is 13.5. The van der Waals surface area contributed by atoms with Crippen LogP contribution in [0.15, 0.2) is 18.2 Å². The van der Waals surface area contributed by atoms with E-state index in [4.69, 9.17) is 4.74 Å². The standard InChI is InChI=1S/C22H30N2O2/c25-21(19-14-22(19)8-10-23-11-9-22)24(18-3-1-2-4-18)15-16-5-6-20-17(13-16)7-12-26-20/h5-6,13,18-19,23H,1-4,7-12,14-15H2. The summed E-state index contributed by atoms with van der Waals surface area (Å²) >= 11 is 0. The third-order valence-electron chi connectivity index (χ3n) is 7.24. The van der Waals surface area contributed by atoms with Crippen molar-refractivity contribution in [1.82, 2.24) is 10.2 Å². The lowest BCUT2D eigenvalue weighted by Crippen LogP contribution is -2.41. The van der Waals surface area contributed by atoms with E-state index < -0.39 is 0 Å². The summed E-state index contributed by atoms with van der Waals surface area (Å²) in [6.45, 7) is 3.74. The van der Waals surface area contributed by atoms with E-state index in [-0.39, 0.29) is 5.92 Å². The van der Waals surface area contributed by atoms with Crippen molar-refractivity contribution in [2.24, 2.45) is 11.3 Å². The van der Waals surface area contributed by atoms with E-state index in [1.807, 2.05) is 0 Å². The fourth-order valence-corrected chi connectivity index (χ4v) is 5.51. The van der Waals surface area contributed by atoms with Gasteiger partial charge in [0.15, 0.2) is 0 Å². The minimum atomic E-state index is 0.281. The summed E-state index contributed by atoms with van der Waals surface area (Å²) in [4.78, 5) is 15.7. The number of rotatable bonds is 4. The summed E-state index contributed by atoms with van der Waals surface area (Å²) in [6, 6.07) is 6.98. The number of nitrogens with one attached hydrogen (secondary N) is 1. The van der Waals surface area contributed by atoms with E-state index in [1.165, 1.54) is 49.7 Å². The summed E-state index contributed by atoms with van der Waals surface area (Å²) < 4.78 is 5.64. The SMILES string of the molecule is O=C(C1CC12CCNCC2)N(Cc1ccc2c(c1)CCO2)C1CCCC1. The zero-order valence-corrected chi connectivity index (χ0v) is 15.6. The second kappa shape index (κ2) is 6.56. The first kappa shape index (κ1) is 16.6. The number of piperidine rings is 1. The molecule has 4 heteroatoms. The molecule has 1 unspecified atom stereocenters. The lowest BCUT2D eigenvalue weighted by atomic mass is 9.91. The van der Waals surface area contributed by atoms with Gasteiger partial charge >= 0.3 is 0 Å². The number of hydrogen-bond acceptors (Lipinski definition) is 3. The third kappa shape index (κ3) is 2.92. The maximum Gasteiger partial charge on any atom is 0.226 e. The average molecular weight is 354 g/mol. The van der Waals surface area contributed by atoms with Crippen molar-refractivity contribution in [1.29, 1.82) is 0 Å². The molecule has 1 aromatic rings. The van der Waals surface area contributed by atoms with E-state index in [0.717, 1.165) is 44.8 Å². The van der Waals surface area contributed by atoms with Crippen LogP contribution < -0.4 is 10.1 Å². The summed E-state index contributed by atoms with van der Waals surface area (Å²) in [7, 11) is 0. The Morgan fingerprint density at radius 2 is 2.04 bits per heavy atom. The van der Waals surface area contributed by atoms with E-state index in [1.54, 1.807) is 0 Å². The summed E-state index contributed by atoms with van der Waals surface area (Å²) in [5, 5.41) is 3.45. The Morgan fingerprint density at radius 3 is 2.85 bits per heavy atom. The predicted octanol–water partition coefficient (Wildman–Crippen LogP) is 3.28. The number of carbonyl (C=O) groups is 1. The first-order valence-electron chi connectivity index (χ1n) is 10.5. The van der Waals surface area contributed by atoms with Crippen LogP contribution in [-0.2, 0) is 17.8 Å². The highest BCUT2D eigenvalue weighted by molar-refractivity contribution is 5.83.